The molecule has 1 aliphatic rings. The van der Waals surface area contributed by atoms with Gasteiger partial charge in [0.25, 0.3) is 0 Å². The van der Waals surface area contributed by atoms with Gasteiger partial charge in [0.15, 0.2) is 0 Å². The van der Waals surface area contributed by atoms with E-state index in [2.05, 4.69) is 27.5 Å². The Hall–Kier alpha value is -2.04. The van der Waals surface area contributed by atoms with Gasteiger partial charge in [-0.25, -0.2) is 9.78 Å². The summed E-state index contributed by atoms with van der Waals surface area (Å²) in [5.74, 6) is 0.463. The largest absolute Gasteiger partial charge is 0.341 e. The molecular formula is C11H14N4O. The lowest BCUT2D eigenvalue weighted by molar-refractivity contribution is 0.254. The molecule has 5 heteroatoms. The van der Waals surface area contributed by atoms with Crippen LogP contribution in [0, 0.1) is 0 Å². The molecule has 84 valence electrons. The van der Waals surface area contributed by atoms with Gasteiger partial charge in [0.05, 0.1) is 10.7 Å². The Morgan fingerprint density at radius 2 is 2.31 bits per heavy atom. The third kappa shape index (κ3) is 2.13. The molecule has 0 aromatic carbocycles. The van der Waals surface area contributed by atoms with Crippen molar-refractivity contribution >= 4 is 24.1 Å². The predicted octanol–water partition coefficient (Wildman–Crippen LogP) is 0.0720. The van der Waals surface area contributed by atoms with Gasteiger partial charge in [-0.3, -0.25) is 5.32 Å². The van der Waals surface area contributed by atoms with Gasteiger partial charge < -0.3 is 10.3 Å². The van der Waals surface area contributed by atoms with E-state index in [4.69, 9.17) is 0 Å². The van der Waals surface area contributed by atoms with Crippen molar-refractivity contribution in [2.24, 2.45) is 0 Å². The van der Waals surface area contributed by atoms with Gasteiger partial charge in [-0.05, 0) is 19.4 Å². The number of hydrogen-bond acceptors (Lipinski definition) is 2. The summed E-state index contributed by atoms with van der Waals surface area (Å²) in [6.45, 7) is 2.07. The highest BCUT2D eigenvalue weighted by Crippen LogP contribution is 2.02. The second kappa shape index (κ2) is 4.22. The van der Waals surface area contributed by atoms with Crippen LogP contribution in [0.3, 0.4) is 0 Å². The van der Waals surface area contributed by atoms with Crippen molar-refractivity contribution in [2.45, 2.75) is 13.3 Å². The van der Waals surface area contributed by atoms with Gasteiger partial charge in [0.1, 0.15) is 0 Å². The zero-order valence-electron chi connectivity index (χ0n) is 9.29. The number of urea groups is 1. The Bertz CT molecular complexity index is 553. The molecule has 0 atom stereocenters. The van der Waals surface area contributed by atoms with Gasteiger partial charge in [-0.15, -0.1) is 0 Å². The second-order valence-corrected chi connectivity index (χ2v) is 3.68. The molecule has 1 heterocycles. The van der Waals surface area contributed by atoms with Crippen molar-refractivity contribution in [1.29, 1.82) is 0 Å². The zero-order valence-corrected chi connectivity index (χ0v) is 9.29. The minimum absolute atomic E-state index is 0.282. The van der Waals surface area contributed by atoms with E-state index in [1.165, 1.54) is 5.57 Å². The third-order valence-electron chi connectivity index (χ3n) is 2.37. The molecule has 2 amide bonds. The number of fused-ring (bicyclic) bond motifs is 1. The Labute approximate surface area is 93.0 Å². The predicted molar refractivity (Wildman–Crippen MR) is 63.2 cm³/mol. The van der Waals surface area contributed by atoms with Crippen molar-refractivity contribution in [3.05, 3.63) is 22.3 Å². The summed E-state index contributed by atoms with van der Waals surface area (Å²) in [5.41, 5.74) is 1.28. The number of hydrogen-bond donors (Lipinski definition) is 3. The molecule has 0 radical (unpaired) electrons. The second-order valence-electron chi connectivity index (χ2n) is 3.68. The van der Waals surface area contributed by atoms with Gasteiger partial charge in [-0.1, -0.05) is 17.7 Å². The Morgan fingerprint density at radius 1 is 1.50 bits per heavy atom. The topological polar surface area (TPSA) is 69.8 Å². The maximum atomic E-state index is 11.1. The Kier molecular flexibility index (Phi) is 2.76. The highest BCUT2D eigenvalue weighted by Gasteiger charge is 2.03. The Morgan fingerprint density at radius 3 is 3.06 bits per heavy atom. The summed E-state index contributed by atoms with van der Waals surface area (Å²) in [6.07, 6.45) is 6.93. The molecule has 1 aromatic rings. The SMILES string of the molecule is CNC(=O)Nc1nc2c([nH]1)=CC=C(C)CC=2. The summed E-state index contributed by atoms with van der Waals surface area (Å²) >= 11 is 0. The maximum Gasteiger partial charge on any atom is 0.321 e. The molecular weight excluding hydrogens is 204 g/mol. The fraction of sp³-hybridized carbons (Fsp3) is 0.273. The number of amides is 2. The van der Waals surface area contributed by atoms with E-state index in [1.807, 2.05) is 18.2 Å². The number of nitrogens with one attached hydrogen (secondary N) is 3. The molecule has 0 bridgehead atoms. The normalized spacial score (nSPS) is 13.8. The third-order valence-corrected chi connectivity index (χ3v) is 2.37. The standard InChI is InChI=1S/C11H14N4O/c1-7-3-5-8-9(6-4-7)14-10(13-8)15-11(16)12-2/h3,5-6H,4H2,1-2H3,(H3,12,13,14,15,16). The number of carbonyl (C=O) groups is 1. The highest BCUT2D eigenvalue weighted by molar-refractivity contribution is 5.87. The van der Waals surface area contributed by atoms with Crippen LogP contribution >= 0.6 is 0 Å². The lowest BCUT2D eigenvalue weighted by Crippen LogP contribution is -2.25. The zero-order chi connectivity index (χ0) is 11.5. The van der Waals surface area contributed by atoms with E-state index < -0.39 is 0 Å². The lowest BCUT2D eigenvalue weighted by Gasteiger charge is -1.97. The van der Waals surface area contributed by atoms with Crippen molar-refractivity contribution in [1.82, 2.24) is 15.3 Å². The summed E-state index contributed by atoms with van der Waals surface area (Å²) in [6, 6.07) is -0.282. The number of nitrogens with zero attached hydrogens (tertiary/aromatic N) is 1. The lowest BCUT2D eigenvalue weighted by atomic mass is 10.2. The summed E-state index contributed by atoms with van der Waals surface area (Å²) in [7, 11) is 1.56. The van der Waals surface area contributed by atoms with Crippen LogP contribution in [0.5, 0.6) is 0 Å². The number of H-pyrrole nitrogens is 1. The summed E-state index contributed by atoms with van der Waals surface area (Å²) in [4.78, 5) is 18.4. The number of aromatic nitrogens is 2. The first-order valence-corrected chi connectivity index (χ1v) is 5.11. The summed E-state index contributed by atoms with van der Waals surface area (Å²) < 4.78 is 0. The maximum absolute atomic E-state index is 11.1. The van der Waals surface area contributed by atoms with Crippen molar-refractivity contribution < 1.29 is 4.79 Å². The molecule has 16 heavy (non-hydrogen) atoms. The van der Waals surface area contributed by atoms with Crippen LogP contribution in [0.25, 0.3) is 12.2 Å². The van der Waals surface area contributed by atoms with Crippen LogP contribution in [0.15, 0.2) is 11.6 Å². The van der Waals surface area contributed by atoms with Crippen LogP contribution in [-0.2, 0) is 0 Å². The van der Waals surface area contributed by atoms with E-state index in [-0.39, 0.29) is 6.03 Å². The van der Waals surface area contributed by atoms with Crippen molar-refractivity contribution in [3.8, 4) is 0 Å². The molecule has 5 nitrogen and oxygen atoms in total. The number of rotatable bonds is 1. The van der Waals surface area contributed by atoms with Crippen LogP contribution in [0.1, 0.15) is 13.3 Å². The quantitative estimate of drug-likeness (QED) is 0.624. The van der Waals surface area contributed by atoms with Crippen molar-refractivity contribution in [3.63, 3.8) is 0 Å². The average molecular weight is 218 g/mol. The van der Waals surface area contributed by atoms with Crippen LogP contribution in [-0.4, -0.2) is 23.0 Å². The Balaban J connectivity index is 2.35. The molecule has 0 saturated carbocycles. The number of carbonyl (C=O) groups excluding carboxylic acids is 1. The highest BCUT2D eigenvalue weighted by atomic mass is 16.2. The summed E-state index contributed by atoms with van der Waals surface area (Å²) in [5, 5.41) is 6.87. The molecule has 0 saturated heterocycles. The van der Waals surface area contributed by atoms with E-state index >= 15 is 0 Å². The number of allylic oxidation sites excluding steroid dienone is 2. The monoisotopic (exact) mass is 218 g/mol. The number of aromatic amines is 1. The molecule has 0 fully saturated rings. The van der Waals surface area contributed by atoms with Gasteiger partial charge in [-0.2, -0.15) is 0 Å². The first kappa shape index (κ1) is 10.5. The fourth-order valence-corrected chi connectivity index (χ4v) is 1.46. The first-order valence-electron chi connectivity index (χ1n) is 5.11. The van der Waals surface area contributed by atoms with E-state index in [1.54, 1.807) is 7.05 Å². The molecule has 3 N–H and O–H groups in total. The first-order chi connectivity index (χ1) is 7.69. The molecule has 1 aliphatic carbocycles. The molecule has 1 aromatic heterocycles. The van der Waals surface area contributed by atoms with E-state index in [9.17, 15) is 4.79 Å². The molecule has 0 unspecified atom stereocenters. The van der Waals surface area contributed by atoms with E-state index in [0.717, 1.165) is 17.1 Å². The minimum atomic E-state index is -0.282. The molecule has 2 rings (SSSR count). The fourth-order valence-electron chi connectivity index (χ4n) is 1.46. The van der Waals surface area contributed by atoms with Gasteiger partial charge in [0.2, 0.25) is 5.95 Å². The van der Waals surface area contributed by atoms with Gasteiger partial charge >= 0.3 is 6.03 Å². The van der Waals surface area contributed by atoms with Crippen molar-refractivity contribution in [2.75, 3.05) is 12.4 Å². The van der Waals surface area contributed by atoms with Gasteiger partial charge in [0, 0.05) is 7.05 Å². The molecule has 0 aliphatic heterocycles. The minimum Gasteiger partial charge on any atom is -0.341 e. The molecule has 0 spiro atoms. The average Bonchev–Trinajstić information content (AvgIpc) is 2.57. The number of imidazole rings is 1. The number of anilines is 1. The van der Waals surface area contributed by atoms with Crippen LogP contribution in [0.4, 0.5) is 10.7 Å². The van der Waals surface area contributed by atoms with E-state index in [0.29, 0.717) is 5.95 Å². The van der Waals surface area contributed by atoms with Crippen LogP contribution < -0.4 is 21.3 Å². The van der Waals surface area contributed by atoms with Crippen LogP contribution in [0.2, 0.25) is 0 Å². The smallest absolute Gasteiger partial charge is 0.321 e.